The minimum absolute atomic E-state index is 0.116. The molecule has 1 amide bonds. The van der Waals surface area contributed by atoms with E-state index in [-0.39, 0.29) is 18.3 Å². The van der Waals surface area contributed by atoms with Crippen LogP contribution in [0, 0.1) is 0 Å². The SMILES string of the molecule is CCOC(=O)Cc1csc(NC(=O)CCCOc2ccccc2)n1. The molecule has 0 unspecified atom stereocenters. The Morgan fingerprint density at radius 1 is 1.25 bits per heavy atom. The van der Waals surface area contributed by atoms with E-state index in [9.17, 15) is 9.59 Å². The number of nitrogens with zero attached hydrogens (tertiary/aromatic N) is 1. The highest BCUT2D eigenvalue weighted by atomic mass is 32.1. The number of hydrogen-bond donors (Lipinski definition) is 1. The standard InChI is InChI=1S/C17H20N2O4S/c1-2-22-16(21)11-13-12-24-17(18-13)19-15(20)9-6-10-23-14-7-4-3-5-8-14/h3-5,7-8,12H,2,6,9-11H2,1H3,(H,18,19,20). The summed E-state index contributed by atoms with van der Waals surface area (Å²) in [5, 5.41) is 4.96. The van der Waals surface area contributed by atoms with Crippen molar-refractivity contribution in [2.45, 2.75) is 26.2 Å². The minimum Gasteiger partial charge on any atom is -0.494 e. The molecule has 2 rings (SSSR count). The lowest BCUT2D eigenvalue weighted by Crippen LogP contribution is -2.13. The fourth-order valence-electron chi connectivity index (χ4n) is 1.93. The number of rotatable bonds is 9. The molecule has 0 spiro atoms. The minimum atomic E-state index is -0.321. The average Bonchev–Trinajstić information content (AvgIpc) is 2.99. The maximum atomic E-state index is 11.9. The molecule has 6 nitrogen and oxygen atoms in total. The Labute approximate surface area is 144 Å². The smallest absolute Gasteiger partial charge is 0.311 e. The highest BCUT2D eigenvalue weighted by Gasteiger charge is 2.10. The molecule has 0 saturated heterocycles. The van der Waals surface area contributed by atoms with Gasteiger partial charge in [-0.25, -0.2) is 4.98 Å². The average molecular weight is 348 g/mol. The highest BCUT2D eigenvalue weighted by Crippen LogP contribution is 2.16. The van der Waals surface area contributed by atoms with E-state index in [0.29, 0.717) is 36.9 Å². The van der Waals surface area contributed by atoms with Crippen molar-refractivity contribution in [2.75, 3.05) is 18.5 Å². The fraction of sp³-hybridized carbons (Fsp3) is 0.353. The van der Waals surface area contributed by atoms with E-state index in [1.807, 2.05) is 30.3 Å². The Hall–Kier alpha value is -2.41. The number of benzene rings is 1. The first-order chi connectivity index (χ1) is 11.7. The third-order valence-electron chi connectivity index (χ3n) is 2.99. The number of para-hydroxylation sites is 1. The number of hydrogen-bond acceptors (Lipinski definition) is 6. The normalized spacial score (nSPS) is 10.2. The summed E-state index contributed by atoms with van der Waals surface area (Å²) in [6.45, 7) is 2.58. The largest absolute Gasteiger partial charge is 0.494 e. The van der Waals surface area contributed by atoms with Crippen LogP contribution < -0.4 is 10.1 Å². The van der Waals surface area contributed by atoms with Crippen molar-refractivity contribution >= 4 is 28.3 Å². The molecular formula is C17H20N2O4S. The van der Waals surface area contributed by atoms with E-state index in [0.717, 1.165) is 5.75 Å². The van der Waals surface area contributed by atoms with Gasteiger partial charge in [0.2, 0.25) is 5.91 Å². The summed E-state index contributed by atoms with van der Waals surface area (Å²) in [5.74, 6) is 0.351. The molecule has 1 aromatic heterocycles. The van der Waals surface area contributed by atoms with Crippen LogP contribution in [0.1, 0.15) is 25.5 Å². The zero-order chi connectivity index (χ0) is 17.2. The predicted molar refractivity (Wildman–Crippen MR) is 92.3 cm³/mol. The van der Waals surface area contributed by atoms with E-state index in [2.05, 4.69) is 10.3 Å². The second-order valence-corrected chi connectivity index (χ2v) is 5.80. The van der Waals surface area contributed by atoms with Gasteiger partial charge in [0.15, 0.2) is 5.13 Å². The molecule has 1 N–H and O–H groups in total. The zero-order valence-electron chi connectivity index (χ0n) is 13.5. The molecule has 7 heteroatoms. The van der Waals surface area contributed by atoms with Gasteiger partial charge in [-0.2, -0.15) is 0 Å². The second kappa shape index (κ2) is 9.67. The van der Waals surface area contributed by atoms with Crippen LogP contribution in [0.2, 0.25) is 0 Å². The number of aromatic nitrogens is 1. The maximum Gasteiger partial charge on any atom is 0.311 e. The molecule has 0 aliphatic rings. The third-order valence-corrected chi connectivity index (χ3v) is 3.80. The molecule has 0 bridgehead atoms. The van der Waals surface area contributed by atoms with Crippen molar-refractivity contribution in [3.8, 4) is 5.75 Å². The molecule has 128 valence electrons. The summed E-state index contributed by atoms with van der Waals surface area (Å²) in [6.07, 6.45) is 1.08. The number of thiazole rings is 1. The molecular weight excluding hydrogens is 328 g/mol. The number of carbonyl (C=O) groups excluding carboxylic acids is 2. The van der Waals surface area contributed by atoms with Crippen molar-refractivity contribution in [3.05, 3.63) is 41.4 Å². The summed E-state index contributed by atoms with van der Waals surface area (Å²) in [7, 11) is 0. The van der Waals surface area contributed by atoms with Crippen LogP contribution >= 0.6 is 11.3 Å². The van der Waals surface area contributed by atoms with E-state index >= 15 is 0 Å². The Morgan fingerprint density at radius 2 is 2.04 bits per heavy atom. The van der Waals surface area contributed by atoms with Gasteiger partial charge in [0.25, 0.3) is 0 Å². The van der Waals surface area contributed by atoms with E-state index in [1.165, 1.54) is 11.3 Å². The van der Waals surface area contributed by atoms with Crippen LogP contribution in [0.5, 0.6) is 5.75 Å². The maximum absolute atomic E-state index is 11.9. The summed E-state index contributed by atoms with van der Waals surface area (Å²) in [4.78, 5) is 27.4. The van der Waals surface area contributed by atoms with Crippen LogP contribution in [0.3, 0.4) is 0 Å². The van der Waals surface area contributed by atoms with Gasteiger partial charge in [-0.05, 0) is 25.5 Å². The van der Waals surface area contributed by atoms with Gasteiger partial charge in [0, 0.05) is 11.8 Å². The Bertz CT molecular complexity index is 658. The summed E-state index contributed by atoms with van der Waals surface area (Å²) in [5.41, 5.74) is 0.598. The third kappa shape index (κ3) is 6.37. The van der Waals surface area contributed by atoms with Crippen LogP contribution in [-0.4, -0.2) is 30.1 Å². The Kier molecular flexibility index (Phi) is 7.22. The highest BCUT2D eigenvalue weighted by molar-refractivity contribution is 7.13. The summed E-state index contributed by atoms with van der Waals surface area (Å²) >= 11 is 1.29. The van der Waals surface area contributed by atoms with Crippen molar-refractivity contribution in [1.82, 2.24) is 4.98 Å². The topological polar surface area (TPSA) is 77.5 Å². The molecule has 0 aliphatic heterocycles. The quantitative estimate of drug-likeness (QED) is 0.557. The number of anilines is 1. The van der Waals surface area contributed by atoms with Gasteiger partial charge in [-0.15, -0.1) is 11.3 Å². The lowest BCUT2D eigenvalue weighted by Gasteiger charge is -2.05. The predicted octanol–water partition coefficient (Wildman–Crippen LogP) is 3.05. The first-order valence-corrected chi connectivity index (χ1v) is 8.63. The number of nitrogens with one attached hydrogen (secondary N) is 1. The second-order valence-electron chi connectivity index (χ2n) is 4.94. The first-order valence-electron chi connectivity index (χ1n) is 7.75. The number of ether oxygens (including phenoxy) is 2. The molecule has 2 aromatic rings. The van der Waals surface area contributed by atoms with E-state index < -0.39 is 0 Å². The number of esters is 1. The number of amides is 1. The van der Waals surface area contributed by atoms with Crippen LogP contribution in [-0.2, 0) is 20.7 Å². The van der Waals surface area contributed by atoms with Gasteiger partial charge >= 0.3 is 5.97 Å². The van der Waals surface area contributed by atoms with Crippen molar-refractivity contribution in [3.63, 3.8) is 0 Å². The first kappa shape index (κ1) is 17.9. The van der Waals surface area contributed by atoms with Crippen molar-refractivity contribution in [2.24, 2.45) is 0 Å². The van der Waals surface area contributed by atoms with Crippen molar-refractivity contribution < 1.29 is 19.1 Å². The van der Waals surface area contributed by atoms with Crippen LogP contribution in [0.15, 0.2) is 35.7 Å². The van der Waals surface area contributed by atoms with Gasteiger partial charge in [-0.1, -0.05) is 18.2 Å². The van der Waals surface area contributed by atoms with Crippen LogP contribution in [0.4, 0.5) is 5.13 Å². The van der Waals surface area contributed by atoms with E-state index in [4.69, 9.17) is 9.47 Å². The molecule has 0 fully saturated rings. The Morgan fingerprint density at radius 3 is 2.79 bits per heavy atom. The lowest BCUT2D eigenvalue weighted by molar-refractivity contribution is -0.142. The zero-order valence-corrected chi connectivity index (χ0v) is 14.3. The molecule has 24 heavy (non-hydrogen) atoms. The lowest BCUT2D eigenvalue weighted by atomic mass is 10.3. The molecule has 1 aromatic carbocycles. The molecule has 0 aliphatic carbocycles. The molecule has 0 saturated carbocycles. The van der Waals surface area contributed by atoms with Gasteiger partial charge in [0.1, 0.15) is 5.75 Å². The molecule has 0 atom stereocenters. The molecule has 0 radical (unpaired) electrons. The van der Waals surface area contributed by atoms with Gasteiger partial charge in [0.05, 0.1) is 25.3 Å². The summed E-state index contributed by atoms with van der Waals surface area (Å²) < 4.78 is 10.4. The van der Waals surface area contributed by atoms with E-state index in [1.54, 1.807) is 12.3 Å². The number of carbonyl (C=O) groups is 2. The van der Waals surface area contributed by atoms with Gasteiger partial charge < -0.3 is 14.8 Å². The monoisotopic (exact) mass is 348 g/mol. The van der Waals surface area contributed by atoms with Gasteiger partial charge in [-0.3, -0.25) is 9.59 Å². The summed E-state index contributed by atoms with van der Waals surface area (Å²) in [6, 6.07) is 9.47. The Balaban J connectivity index is 1.67. The van der Waals surface area contributed by atoms with Crippen LogP contribution in [0.25, 0.3) is 0 Å². The fourth-order valence-corrected chi connectivity index (χ4v) is 2.65. The molecule has 1 heterocycles. The van der Waals surface area contributed by atoms with Crippen molar-refractivity contribution in [1.29, 1.82) is 0 Å².